The summed E-state index contributed by atoms with van der Waals surface area (Å²) in [6.07, 6.45) is 1.61. The Morgan fingerprint density at radius 2 is 1.94 bits per heavy atom. The van der Waals surface area contributed by atoms with Gasteiger partial charge < -0.3 is 10.4 Å². The first-order chi connectivity index (χ1) is 8.50. The Balaban J connectivity index is 1.95. The molecule has 18 heavy (non-hydrogen) atoms. The molecule has 1 saturated carbocycles. The molecule has 3 nitrogen and oxygen atoms in total. The molecule has 0 radical (unpaired) electrons. The Morgan fingerprint density at radius 3 is 2.44 bits per heavy atom. The number of amides is 1. The van der Waals surface area contributed by atoms with Gasteiger partial charge in [-0.2, -0.15) is 0 Å². The molecule has 0 bridgehead atoms. The number of aliphatic hydroxyl groups is 1. The molecule has 1 aliphatic carbocycles. The van der Waals surface area contributed by atoms with Gasteiger partial charge in [-0.05, 0) is 18.4 Å². The fraction of sp³-hybridized carbons (Fsp3) is 0.533. The van der Waals surface area contributed by atoms with E-state index in [2.05, 4.69) is 31.3 Å². The van der Waals surface area contributed by atoms with E-state index in [4.69, 9.17) is 0 Å². The van der Waals surface area contributed by atoms with Crippen molar-refractivity contribution in [3.05, 3.63) is 35.9 Å². The predicted octanol–water partition coefficient (Wildman–Crippen LogP) is 1.85. The highest BCUT2D eigenvalue weighted by atomic mass is 16.3. The zero-order valence-electron chi connectivity index (χ0n) is 11.1. The van der Waals surface area contributed by atoms with Crippen LogP contribution in [0.3, 0.4) is 0 Å². The molecular formula is C15H21NO2. The van der Waals surface area contributed by atoms with E-state index in [0.717, 1.165) is 12.8 Å². The number of nitrogens with one attached hydrogen (secondary N) is 1. The van der Waals surface area contributed by atoms with Crippen LogP contribution in [0.25, 0.3) is 0 Å². The SMILES string of the molecule is CC(C)(CNC(=O)C1(CO)CC1)c1ccccc1. The molecule has 0 saturated heterocycles. The highest BCUT2D eigenvalue weighted by Crippen LogP contribution is 2.45. The lowest BCUT2D eigenvalue weighted by Crippen LogP contribution is -2.41. The summed E-state index contributed by atoms with van der Waals surface area (Å²) in [5, 5.41) is 12.2. The monoisotopic (exact) mass is 247 g/mol. The van der Waals surface area contributed by atoms with Crippen LogP contribution in [0.15, 0.2) is 30.3 Å². The molecule has 1 aliphatic rings. The van der Waals surface area contributed by atoms with Crippen molar-refractivity contribution < 1.29 is 9.90 Å². The Hall–Kier alpha value is -1.35. The van der Waals surface area contributed by atoms with E-state index in [0.29, 0.717) is 6.54 Å². The predicted molar refractivity (Wildman–Crippen MR) is 71.2 cm³/mol. The van der Waals surface area contributed by atoms with E-state index in [1.165, 1.54) is 5.56 Å². The highest BCUT2D eigenvalue weighted by molar-refractivity contribution is 5.85. The molecule has 98 valence electrons. The zero-order chi connectivity index (χ0) is 13.2. The van der Waals surface area contributed by atoms with E-state index in [-0.39, 0.29) is 17.9 Å². The molecule has 0 atom stereocenters. The lowest BCUT2D eigenvalue weighted by atomic mass is 9.84. The van der Waals surface area contributed by atoms with E-state index >= 15 is 0 Å². The van der Waals surface area contributed by atoms with Crippen LogP contribution in [0.1, 0.15) is 32.3 Å². The van der Waals surface area contributed by atoms with Crippen LogP contribution >= 0.6 is 0 Å². The van der Waals surface area contributed by atoms with Gasteiger partial charge in [0.25, 0.3) is 0 Å². The normalized spacial score (nSPS) is 17.3. The number of carbonyl (C=O) groups excluding carboxylic acids is 1. The van der Waals surface area contributed by atoms with E-state index in [1.807, 2.05) is 18.2 Å². The van der Waals surface area contributed by atoms with Crippen molar-refractivity contribution >= 4 is 5.91 Å². The van der Waals surface area contributed by atoms with Crippen LogP contribution in [0, 0.1) is 5.41 Å². The molecule has 0 aliphatic heterocycles. The summed E-state index contributed by atoms with van der Waals surface area (Å²) in [4.78, 5) is 12.0. The molecule has 1 fully saturated rings. The van der Waals surface area contributed by atoms with Crippen LogP contribution in [-0.2, 0) is 10.2 Å². The number of rotatable bonds is 5. The number of hydrogen-bond acceptors (Lipinski definition) is 2. The maximum atomic E-state index is 12.0. The minimum atomic E-state index is -0.479. The van der Waals surface area contributed by atoms with Crippen molar-refractivity contribution in [3.8, 4) is 0 Å². The molecule has 1 aromatic rings. The standard InChI is InChI=1S/C15H21NO2/c1-14(2,12-6-4-3-5-7-12)10-16-13(18)15(11-17)8-9-15/h3-7,17H,8-11H2,1-2H3,(H,16,18). The van der Waals surface area contributed by atoms with Gasteiger partial charge in [-0.25, -0.2) is 0 Å². The molecule has 0 aromatic heterocycles. The number of carbonyl (C=O) groups is 1. The fourth-order valence-electron chi connectivity index (χ4n) is 2.09. The first-order valence-electron chi connectivity index (χ1n) is 6.45. The number of hydrogen-bond donors (Lipinski definition) is 2. The summed E-state index contributed by atoms with van der Waals surface area (Å²) in [7, 11) is 0. The lowest BCUT2D eigenvalue weighted by Gasteiger charge is -2.26. The summed E-state index contributed by atoms with van der Waals surface area (Å²) in [6, 6.07) is 10.2. The summed E-state index contributed by atoms with van der Waals surface area (Å²) in [5.74, 6) is -0.00555. The highest BCUT2D eigenvalue weighted by Gasteiger charge is 2.49. The molecule has 2 N–H and O–H groups in total. The van der Waals surface area contributed by atoms with Gasteiger partial charge >= 0.3 is 0 Å². The van der Waals surface area contributed by atoms with E-state index in [1.54, 1.807) is 0 Å². The van der Waals surface area contributed by atoms with Gasteiger partial charge in [0.2, 0.25) is 5.91 Å². The van der Waals surface area contributed by atoms with Gasteiger partial charge in [0.05, 0.1) is 12.0 Å². The summed E-state index contributed by atoms with van der Waals surface area (Å²) < 4.78 is 0. The van der Waals surface area contributed by atoms with Crippen molar-refractivity contribution in [1.29, 1.82) is 0 Å². The molecular weight excluding hydrogens is 226 g/mol. The van der Waals surface area contributed by atoms with E-state index < -0.39 is 5.41 Å². The Bertz CT molecular complexity index is 421. The quantitative estimate of drug-likeness (QED) is 0.834. The maximum absolute atomic E-state index is 12.0. The fourth-order valence-corrected chi connectivity index (χ4v) is 2.09. The third kappa shape index (κ3) is 2.56. The van der Waals surface area contributed by atoms with Crippen molar-refractivity contribution in [1.82, 2.24) is 5.32 Å². The number of benzene rings is 1. The van der Waals surface area contributed by atoms with Crippen LogP contribution < -0.4 is 5.32 Å². The van der Waals surface area contributed by atoms with E-state index in [9.17, 15) is 9.90 Å². The molecule has 0 heterocycles. The minimum absolute atomic E-state index is 0.00555. The first kappa shape index (κ1) is 13.1. The third-order valence-electron chi connectivity index (χ3n) is 3.88. The van der Waals surface area contributed by atoms with Gasteiger partial charge in [0.1, 0.15) is 0 Å². The van der Waals surface area contributed by atoms with Crippen molar-refractivity contribution in [2.75, 3.05) is 13.2 Å². The van der Waals surface area contributed by atoms with Crippen molar-refractivity contribution in [2.45, 2.75) is 32.1 Å². The average molecular weight is 247 g/mol. The molecule has 2 rings (SSSR count). The van der Waals surface area contributed by atoms with Gasteiger partial charge in [0.15, 0.2) is 0 Å². The van der Waals surface area contributed by atoms with Crippen molar-refractivity contribution in [3.63, 3.8) is 0 Å². The second-order valence-electron chi connectivity index (χ2n) is 5.87. The minimum Gasteiger partial charge on any atom is -0.395 e. The molecule has 0 unspecified atom stereocenters. The Kier molecular flexibility index (Phi) is 3.44. The summed E-state index contributed by atoms with van der Waals surface area (Å²) in [6.45, 7) is 4.78. The van der Waals surface area contributed by atoms with Crippen LogP contribution in [-0.4, -0.2) is 24.2 Å². The Labute approximate surface area is 108 Å². The molecule has 1 amide bonds. The summed E-state index contributed by atoms with van der Waals surface area (Å²) >= 11 is 0. The second-order valence-corrected chi connectivity index (χ2v) is 5.87. The first-order valence-corrected chi connectivity index (χ1v) is 6.45. The second kappa shape index (κ2) is 4.73. The van der Waals surface area contributed by atoms with Gasteiger partial charge in [-0.15, -0.1) is 0 Å². The maximum Gasteiger partial charge on any atom is 0.228 e. The smallest absolute Gasteiger partial charge is 0.228 e. The molecule has 3 heteroatoms. The molecule has 1 aromatic carbocycles. The average Bonchev–Trinajstić information content (AvgIpc) is 3.18. The van der Waals surface area contributed by atoms with Crippen LogP contribution in [0.2, 0.25) is 0 Å². The van der Waals surface area contributed by atoms with Crippen molar-refractivity contribution in [2.24, 2.45) is 5.41 Å². The summed E-state index contributed by atoms with van der Waals surface area (Å²) in [5.41, 5.74) is 0.633. The van der Waals surface area contributed by atoms with Gasteiger partial charge in [-0.1, -0.05) is 44.2 Å². The Morgan fingerprint density at radius 1 is 1.33 bits per heavy atom. The molecule has 0 spiro atoms. The van der Waals surface area contributed by atoms with Crippen LogP contribution in [0.4, 0.5) is 0 Å². The number of aliphatic hydroxyl groups excluding tert-OH is 1. The van der Waals surface area contributed by atoms with Crippen LogP contribution in [0.5, 0.6) is 0 Å². The third-order valence-corrected chi connectivity index (χ3v) is 3.88. The van der Waals surface area contributed by atoms with Gasteiger partial charge in [0, 0.05) is 12.0 Å². The van der Waals surface area contributed by atoms with Gasteiger partial charge in [-0.3, -0.25) is 4.79 Å². The largest absolute Gasteiger partial charge is 0.395 e. The topological polar surface area (TPSA) is 49.3 Å². The zero-order valence-corrected chi connectivity index (χ0v) is 11.1. The lowest BCUT2D eigenvalue weighted by molar-refractivity contribution is -0.127.